The zero-order valence-electron chi connectivity index (χ0n) is 14.4. The SMILES string of the molecule is Cn1cc(C(=O)N2CCC(Oc3ccccc3)(C(=O)O)CC2)ccc1=O. The largest absolute Gasteiger partial charge is 0.478 e. The van der Waals surface area contributed by atoms with Crippen molar-refractivity contribution in [2.45, 2.75) is 18.4 Å². The maximum absolute atomic E-state index is 12.6. The second-order valence-electron chi connectivity index (χ2n) is 6.37. The van der Waals surface area contributed by atoms with Gasteiger partial charge >= 0.3 is 5.97 Å². The Labute approximate surface area is 150 Å². The van der Waals surface area contributed by atoms with Crippen molar-refractivity contribution in [2.24, 2.45) is 7.05 Å². The first-order valence-corrected chi connectivity index (χ1v) is 8.35. The van der Waals surface area contributed by atoms with Gasteiger partial charge in [0.1, 0.15) is 5.75 Å². The number of piperidine rings is 1. The lowest BCUT2D eigenvalue weighted by molar-refractivity contribution is -0.159. The van der Waals surface area contributed by atoms with E-state index in [1.165, 1.54) is 22.9 Å². The van der Waals surface area contributed by atoms with Crippen molar-refractivity contribution < 1.29 is 19.4 Å². The van der Waals surface area contributed by atoms with Crippen molar-refractivity contribution in [1.82, 2.24) is 9.47 Å². The fraction of sp³-hybridized carbons (Fsp3) is 0.316. The summed E-state index contributed by atoms with van der Waals surface area (Å²) in [5.41, 5.74) is -1.14. The molecular weight excluding hydrogens is 336 g/mol. The van der Waals surface area contributed by atoms with E-state index < -0.39 is 11.6 Å². The molecule has 1 saturated heterocycles. The Bertz CT molecular complexity index is 867. The van der Waals surface area contributed by atoms with E-state index in [-0.39, 0.29) is 37.4 Å². The van der Waals surface area contributed by atoms with Crippen LogP contribution >= 0.6 is 0 Å². The minimum Gasteiger partial charge on any atom is -0.478 e. The Morgan fingerprint density at radius 2 is 1.73 bits per heavy atom. The van der Waals surface area contributed by atoms with E-state index in [1.807, 2.05) is 6.07 Å². The number of hydrogen-bond donors (Lipinski definition) is 1. The molecule has 7 heteroatoms. The van der Waals surface area contributed by atoms with Crippen LogP contribution in [0, 0.1) is 0 Å². The lowest BCUT2D eigenvalue weighted by atomic mass is 9.90. The van der Waals surface area contributed by atoms with Crippen LogP contribution < -0.4 is 10.3 Å². The normalized spacial score (nSPS) is 16.1. The third kappa shape index (κ3) is 3.46. The molecule has 3 rings (SSSR count). The first kappa shape index (κ1) is 17.7. The number of amides is 1. The number of aliphatic carboxylic acids is 1. The lowest BCUT2D eigenvalue weighted by Crippen LogP contribution is -2.54. The number of ether oxygens (including phenoxy) is 1. The molecule has 0 saturated carbocycles. The first-order valence-electron chi connectivity index (χ1n) is 8.35. The van der Waals surface area contributed by atoms with Crippen molar-refractivity contribution in [3.8, 4) is 5.75 Å². The molecule has 0 bridgehead atoms. The molecule has 0 aliphatic carbocycles. The maximum Gasteiger partial charge on any atom is 0.348 e. The molecule has 0 atom stereocenters. The van der Waals surface area contributed by atoms with Crippen LogP contribution in [0.15, 0.2) is 53.5 Å². The molecule has 1 fully saturated rings. The average molecular weight is 356 g/mol. The molecule has 7 nitrogen and oxygen atoms in total. The fourth-order valence-electron chi connectivity index (χ4n) is 3.05. The van der Waals surface area contributed by atoms with E-state index in [0.717, 1.165) is 0 Å². The van der Waals surface area contributed by atoms with Crippen LogP contribution in [0.4, 0.5) is 0 Å². The molecule has 136 valence electrons. The number of carbonyl (C=O) groups is 2. The van der Waals surface area contributed by atoms with Gasteiger partial charge in [-0.2, -0.15) is 0 Å². The van der Waals surface area contributed by atoms with Gasteiger partial charge in [-0.1, -0.05) is 18.2 Å². The monoisotopic (exact) mass is 356 g/mol. The van der Waals surface area contributed by atoms with E-state index in [9.17, 15) is 19.5 Å². The number of rotatable bonds is 4. The highest BCUT2D eigenvalue weighted by Crippen LogP contribution is 2.29. The summed E-state index contributed by atoms with van der Waals surface area (Å²) in [7, 11) is 1.58. The van der Waals surface area contributed by atoms with E-state index in [2.05, 4.69) is 0 Å². The molecule has 0 radical (unpaired) electrons. The topological polar surface area (TPSA) is 88.8 Å². The van der Waals surface area contributed by atoms with Gasteiger partial charge in [0.2, 0.25) is 11.2 Å². The lowest BCUT2D eigenvalue weighted by Gasteiger charge is -2.38. The van der Waals surface area contributed by atoms with Crippen molar-refractivity contribution in [2.75, 3.05) is 13.1 Å². The number of para-hydroxylation sites is 1. The standard InChI is InChI=1S/C19H20N2O5/c1-20-13-14(7-8-16(20)22)17(23)21-11-9-19(10-12-21,18(24)25)26-15-5-3-2-4-6-15/h2-8,13H,9-12H2,1H3,(H,24,25). The van der Waals surface area contributed by atoms with Gasteiger partial charge in [0.05, 0.1) is 5.56 Å². The molecule has 1 N–H and O–H groups in total. The van der Waals surface area contributed by atoms with E-state index in [4.69, 9.17) is 4.74 Å². The number of carboxylic acids is 1. The quantitative estimate of drug-likeness (QED) is 0.897. The number of hydrogen-bond acceptors (Lipinski definition) is 4. The van der Waals surface area contributed by atoms with Crippen molar-refractivity contribution >= 4 is 11.9 Å². The van der Waals surface area contributed by atoms with Crippen LogP contribution in [-0.2, 0) is 11.8 Å². The summed E-state index contributed by atoms with van der Waals surface area (Å²) >= 11 is 0. The van der Waals surface area contributed by atoms with Crippen LogP contribution in [0.25, 0.3) is 0 Å². The Hall–Kier alpha value is -3.09. The summed E-state index contributed by atoms with van der Waals surface area (Å²) in [5, 5.41) is 9.69. The number of likely N-dealkylation sites (tertiary alicyclic amines) is 1. The molecule has 26 heavy (non-hydrogen) atoms. The van der Waals surface area contributed by atoms with Gasteiger partial charge in [0, 0.05) is 45.2 Å². The summed E-state index contributed by atoms with van der Waals surface area (Å²) in [6.07, 6.45) is 1.87. The number of aryl methyl sites for hydroxylation is 1. The summed E-state index contributed by atoms with van der Waals surface area (Å²) in [4.78, 5) is 37.5. The van der Waals surface area contributed by atoms with Crippen LogP contribution in [0.5, 0.6) is 5.75 Å². The third-order valence-electron chi connectivity index (χ3n) is 4.64. The second kappa shape index (κ2) is 7.03. The zero-order valence-corrected chi connectivity index (χ0v) is 14.4. The van der Waals surface area contributed by atoms with Gasteiger partial charge in [-0.05, 0) is 18.2 Å². The molecule has 1 aliphatic heterocycles. The van der Waals surface area contributed by atoms with Gasteiger partial charge in [0.25, 0.3) is 5.91 Å². The number of nitrogens with zero attached hydrogens (tertiary/aromatic N) is 2. The molecule has 0 unspecified atom stereocenters. The van der Waals surface area contributed by atoms with Gasteiger partial charge in [-0.15, -0.1) is 0 Å². The smallest absolute Gasteiger partial charge is 0.348 e. The Kier molecular flexibility index (Phi) is 4.79. The average Bonchev–Trinajstić information content (AvgIpc) is 2.65. The summed E-state index contributed by atoms with van der Waals surface area (Å²) < 4.78 is 7.13. The third-order valence-corrected chi connectivity index (χ3v) is 4.64. The molecule has 1 amide bonds. The molecule has 0 spiro atoms. The number of aromatic nitrogens is 1. The van der Waals surface area contributed by atoms with Crippen LogP contribution in [0.1, 0.15) is 23.2 Å². The number of carboxylic acid groups (broad SMARTS) is 1. The predicted octanol–water partition coefficient (Wildman–Crippen LogP) is 1.52. The van der Waals surface area contributed by atoms with Gasteiger partial charge in [0.15, 0.2) is 0 Å². The molecule has 2 aromatic rings. The predicted molar refractivity (Wildman–Crippen MR) is 94.3 cm³/mol. The number of pyridine rings is 1. The van der Waals surface area contributed by atoms with Crippen LogP contribution in [0.2, 0.25) is 0 Å². The van der Waals surface area contributed by atoms with Gasteiger partial charge < -0.3 is 19.3 Å². The van der Waals surface area contributed by atoms with Crippen molar-refractivity contribution in [3.63, 3.8) is 0 Å². The summed E-state index contributed by atoms with van der Waals surface area (Å²) in [6, 6.07) is 11.7. The van der Waals surface area contributed by atoms with Crippen LogP contribution in [-0.4, -0.2) is 45.1 Å². The van der Waals surface area contributed by atoms with Crippen molar-refractivity contribution in [1.29, 1.82) is 0 Å². The van der Waals surface area contributed by atoms with E-state index in [1.54, 1.807) is 36.2 Å². The Balaban J connectivity index is 1.73. The second-order valence-corrected chi connectivity index (χ2v) is 6.37. The van der Waals surface area contributed by atoms with Gasteiger partial charge in [-0.25, -0.2) is 4.79 Å². The minimum atomic E-state index is -1.35. The number of carbonyl (C=O) groups excluding carboxylic acids is 1. The number of benzene rings is 1. The Morgan fingerprint density at radius 3 is 2.31 bits per heavy atom. The maximum atomic E-state index is 12.6. The van der Waals surface area contributed by atoms with E-state index >= 15 is 0 Å². The summed E-state index contributed by atoms with van der Waals surface area (Å²) in [5.74, 6) is -0.761. The molecule has 1 aliphatic rings. The molecule has 2 heterocycles. The Morgan fingerprint density at radius 1 is 1.08 bits per heavy atom. The van der Waals surface area contributed by atoms with Gasteiger partial charge in [-0.3, -0.25) is 9.59 Å². The highest BCUT2D eigenvalue weighted by atomic mass is 16.5. The highest BCUT2D eigenvalue weighted by molar-refractivity contribution is 5.94. The van der Waals surface area contributed by atoms with Crippen LogP contribution in [0.3, 0.4) is 0 Å². The van der Waals surface area contributed by atoms with Crippen molar-refractivity contribution in [3.05, 3.63) is 64.6 Å². The zero-order chi connectivity index (χ0) is 18.7. The van der Waals surface area contributed by atoms with E-state index in [0.29, 0.717) is 11.3 Å². The summed E-state index contributed by atoms with van der Waals surface area (Å²) in [6.45, 7) is 0.529. The first-order chi connectivity index (χ1) is 12.4. The molecule has 1 aromatic carbocycles. The minimum absolute atomic E-state index is 0.189. The fourth-order valence-corrected chi connectivity index (χ4v) is 3.05. The molecule has 1 aromatic heterocycles. The molecular formula is C19H20N2O5. The highest BCUT2D eigenvalue weighted by Gasteiger charge is 2.45.